The highest BCUT2D eigenvalue weighted by Crippen LogP contribution is 2.12. The third-order valence-corrected chi connectivity index (χ3v) is 4.50. The van der Waals surface area contributed by atoms with Gasteiger partial charge in [-0.1, -0.05) is 54.6 Å². The molecule has 0 atom stereocenters. The molecule has 0 aliphatic rings. The van der Waals surface area contributed by atoms with E-state index in [0.717, 1.165) is 22.8 Å². The van der Waals surface area contributed by atoms with Crippen LogP contribution in [0.4, 0.5) is 10.5 Å². The van der Waals surface area contributed by atoms with Crippen LogP contribution < -0.4 is 16.0 Å². The van der Waals surface area contributed by atoms with Crippen LogP contribution in [0.25, 0.3) is 6.08 Å². The van der Waals surface area contributed by atoms with Crippen molar-refractivity contribution in [3.8, 4) is 0 Å². The molecule has 0 spiro atoms. The van der Waals surface area contributed by atoms with Crippen molar-refractivity contribution in [1.82, 2.24) is 10.6 Å². The number of hydrogen-bond donors (Lipinski definition) is 4. The molecule has 0 aliphatic carbocycles. The Bertz CT molecular complexity index is 1130. The van der Waals surface area contributed by atoms with Gasteiger partial charge in [0, 0.05) is 30.4 Å². The van der Waals surface area contributed by atoms with Crippen LogP contribution in [0.3, 0.4) is 0 Å². The normalized spacial score (nSPS) is 10.5. The van der Waals surface area contributed by atoms with E-state index in [2.05, 4.69) is 16.0 Å². The molecule has 3 rings (SSSR count). The monoisotopic (exact) mass is 429 g/mol. The molecule has 0 aromatic heterocycles. The number of rotatable bonds is 8. The summed E-state index contributed by atoms with van der Waals surface area (Å²) in [6.45, 7) is 0.677. The van der Waals surface area contributed by atoms with Crippen LogP contribution in [-0.4, -0.2) is 23.0 Å². The van der Waals surface area contributed by atoms with Gasteiger partial charge in [0.2, 0.25) is 0 Å². The predicted molar refractivity (Wildman–Crippen MR) is 123 cm³/mol. The first kappa shape index (κ1) is 22.3. The first-order valence-corrected chi connectivity index (χ1v) is 9.96. The highest BCUT2D eigenvalue weighted by atomic mass is 16.4. The van der Waals surface area contributed by atoms with E-state index in [1.807, 2.05) is 36.4 Å². The Morgan fingerprint density at radius 3 is 2.28 bits per heavy atom. The lowest BCUT2D eigenvalue weighted by atomic mass is 10.1. The zero-order valence-electron chi connectivity index (χ0n) is 17.2. The number of carboxylic acid groups (broad SMARTS) is 1. The van der Waals surface area contributed by atoms with Crippen molar-refractivity contribution < 1.29 is 19.5 Å². The summed E-state index contributed by atoms with van der Waals surface area (Å²) in [5, 5.41) is 17.1. The summed E-state index contributed by atoms with van der Waals surface area (Å²) in [5.41, 5.74) is 3.46. The van der Waals surface area contributed by atoms with Gasteiger partial charge in [-0.25, -0.2) is 9.59 Å². The summed E-state index contributed by atoms with van der Waals surface area (Å²) in [4.78, 5) is 35.3. The van der Waals surface area contributed by atoms with Gasteiger partial charge in [-0.3, -0.25) is 4.79 Å². The Kier molecular flexibility index (Phi) is 7.75. The fourth-order valence-corrected chi connectivity index (χ4v) is 2.95. The van der Waals surface area contributed by atoms with Gasteiger partial charge in [-0.2, -0.15) is 0 Å². The van der Waals surface area contributed by atoms with Crippen molar-refractivity contribution >= 4 is 29.7 Å². The molecule has 3 aromatic carbocycles. The first-order valence-electron chi connectivity index (χ1n) is 9.96. The summed E-state index contributed by atoms with van der Waals surface area (Å²) in [6.07, 6.45) is 2.55. The number of carbonyl (C=O) groups excluding carboxylic acids is 2. The molecule has 162 valence electrons. The average molecular weight is 429 g/mol. The Morgan fingerprint density at radius 2 is 1.50 bits per heavy atom. The molecular formula is C25H23N3O4. The van der Waals surface area contributed by atoms with Crippen LogP contribution in [0.15, 0.2) is 84.9 Å². The summed E-state index contributed by atoms with van der Waals surface area (Å²) >= 11 is 0. The lowest BCUT2D eigenvalue weighted by molar-refractivity contribution is -0.131. The molecule has 3 amide bonds. The van der Waals surface area contributed by atoms with Gasteiger partial charge in [0.25, 0.3) is 5.91 Å². The molecule has 7 nitrogen and oxygen atoms in total. The summed E-state index contributed by atoms with van der Waals surface area (Å²) < 4.78 is 0. The van der Waals surface area contributed by atoms with Crippen LogP contribution in [-0.2, 0) is 17.9 Å². The van der Waals surface area contributed by atoms with Crippen LogP contribution in [0, 0.1) is 0 Å². The van der Waals surface area contributed by atoms with Gasteiger partial charge < -0.3 is 21.1 Å². The van der Waals surface area contributed by atoms with E-state index in [1.54, 1.807) is 42.5 Å². The van der Waals surface area contributed by atoms with E-state index in [0.29, 0.717) is 17.8 Å². The Labute approximate surface area is 185 Å². The van der Waals surface area contributed by atoms with Gasteiger partial charge in [0.1, 0.15) is 0 Å². The number of aliphatic carboxylic acids is 1. The number of urea groups is 1. The van der Waals surface area contributed by atoms with Crippen molar-refractivity contribution in [2.45, 2.75) is 13.1 Å². The van der Waals surface area contributed by atoms with E-state index in [-0.39, 0.29) is 18.5 Å². The summed E-state index contributed by atoms with van der Waals surface area (Å²) in [6, 6.07) is 23.1. The maximum atomic E-state index is 12.5. The van der Waals surface area contributed by atoms with E-state index >= 15 is 0 Å². The standard InChI is InChI=1S/C25H23N3O4/c29-23(30)13-12-18-8-4-9-20(14-18)17-26-24(31)21-10-5-11-22(15-21)28-25(32)27-16-19-6-2-1-3-7-19/h1-15H,16-17H2,(H,26,31)(H,29,30)(H2,27,28,32)/b13-12+. The van der Waals surface area contributed by atoms with Gasteiger partial charge in [-0.15, -0.1) is 0 Å². The molecule has 7 heteroatoms. The molecular weight excluding hydrogens is 406 g/mol. The lowest BCUT2D eigenvalue weighted by Gasteiger charge is -2.10. The fourth-order valence-electron chi connectivity index (χ4n) is 2.95. The van der Waals surface area contributed by atoms with Crippen molar-refractivity contribution in [3.05, 3.63) is 107 Å². The van der Waals surface area contributed by atoms with Crippen LogP contribution in [0.2, 0.25) is 0 Å². The van der Waals surface area contributed by atoms with Crippen LogP contribution >= 0.6 is 0 Å². The van der Waals surface area contributed by atoms with Gasteiger partial charge >= 0.3 is 12.0 Å². The minimum absolute atomic E-state index is 0.281. The smallest absolute Gasteiger partial charge is 0.328 e. The Balaban J connectivity index is 1.54. The van der Waals surface area contributed by atoms with E-state index in [4.69, 9.17) is 5.11 Å². The number of benzene rings is 3. The molecule has 3 aromatic rings. The average Bonchev–Trinajstić information content (AvgIpc) is 2.81. The predicted octanol–water partition coefficient (Wildman–Crippen LogP) is 4.04. The summed E-state index contributed by atoms with van der Waals surface area (Å²) in [5.74, 6) is -1.31. The topological polar surface area (TPSA) is 108 Å². The minimum Gasteiger partial charge on any atom is -0.478 e. The number of anilines is 1. The lowest BCUT2D eigenvalue weighted by Crippen LogP contribution is -2.28. The Morgan fingerprint density at radius 1 is 0.781 bits per heavy atom. The van der Waals surface area contributed by atoms with Gasteiger partial charge in [-0.05, 0) is 47.0 Å². The number of nitrogens with one attached hydrogen (secondary N) is 3. The van der Waals surface area contributed by atoms with Crippen molar-refractivity contribution in [2.24, 2.45) is 0 Å². The quantitative estimate of drug-likeness (QED) is 0.405. The van der Waals surface area contributed by atoms with Crippen molar-refractivity contribution in [2.75, 3.05) is 5.32 Å². The second-order valence-electron chi connectivity index (χ2n) is 6.97. The number of amides is 3. The molecule has 0 radical (unpaired) electrons. The van der Waals surface area contributed by atoms with Crippen LogP contribution in [0.5, 0.6) is 0 Å². The van der Waals surface area contributed by atoms with E-state index in [9.17, 15) is 14.4 Å². The zero-order chi connectivity index (χ0) is 22.8. The highest BCUT2D eigenvalue weighted by Gasteiger charge is 2.08. The second kappa shape index (κ2) is 11.1. The number of carbonyl (C=O) groups is 3. The van der Waals surface area contributed by atoms with Crippen LogP contribution in [0.1, 0.15) is 27.0 Å². The molecule has 4 N–H and O–H groups in total. The fraction of sp³-hybridized carbons (Fsp3) is 0.0800. The number of hydrogen-bond acceptors (Lipinski definition) is 3. The molecule has 0 unspecified atom stereocenters. The summed E-state index contributed by atoms with van der Waals surface area (Å²) in [7, 11) is 0. The largest absolute Gasteiger partial charge is 0.478 e. The molecule has 0 aliphatic heterocycles. The molecule has 0 saturated heterocycles. The molecule has 0 saturated carbocycles. The molecule has 0 heterocycles. The highest BCUT2D eigenvalue weighted by molar-refractivity contribution is 5.96. The maximum absolute atomic E-state index is 12.5. The molecule has 32 heavy (non-hydrogen) atoms. The van der Waals surface area contributed by atoms with E-state index < -0.39 is 5.97 Å². The third-order valence-electron chi connectivity index (χ3n) is 4.50. The Hall–Kier alpha value is -4.39. The van der Waals surface area contributed by atoms with Gasteiger partial charge in [0.15, 0.2) is 0 Å². The van der Waals surface area contributed by atoms with Gasteiger partial charge in [0.05, 0.1) is 0 Å². The minimum atomic E-state index is -1.02. The third kappa shape index (κ3) is 7.14. The maximum Gasteiger partial charge on any atom is 0.328 e. The second-order valence-corrected chi connectivity index (χ2v) is 6.97. The first-order chi connectivity index (χ1) is 15.5. The SMILES string of the molecule is O=C(O)/C=C/c1cccc(CNC(=O)c2cccc(NC(=O)NCc3ccccc3)c2)c1. The van der Waals surface area contributed by atoms with Crippen molar-refractivity contribution in [1.29, 1.82) is 0 Å². The van der Waals surface area contributed by atoms with E-state index in [1.165, 1.54) is 6.08 Å². The zero-order valence-corrected chi connectivity index (χ0v) is 17.2. The van der Waals surface area contributed by atoms with Crippen molar-refractivity contribution in [3.63, 3.8) is 0 Å². The molecule has 0 bridgehead atoms. The number of carboxylic acids is 1. The molecule has 0 fully saturated rings.